The highest BCUT2D eigenvalue weighted by Gasteiger charge is 2.15. The molecule has 37 heavy (non-hydrogen) atoms. The van der Waals surface area contributed by atoms with Crippen LogP contribution in [-0.2, 0) is 13.0 Å². The van der Waals surface area contributed by atoms with Crippen molar-refractivity contribution in [1.82, 2.24) is 20.2 Å². The molecule has 0 aliphatic rings. The van der Waals surface area contributed by atoms with E-state index in [0.717, 1.165) is 58.4 Å². The lowest BCUT2D eigenvalue weighted by molar-refractivity contribution is 0.315. The molecule has 7 nitrogen and oxygen atoms in total. The molecule has 0 aliphatic heterocycles. The van der Waals surface area contributed by atoms with Gasteiger partial charge in [-0.25, -0.2) is 0 Å². The number of ether oxygens (including phenoxy) is 2. The number of furan rings is 1. The van der Waals surface area contributed by atoms with Crippen molar-refractivity contribution in [3.63, 3.8) is 0 Å². The molecule has 2 heterocycles. The number of aromatic nitrogens is 4. The molecule has 2 aromatic heterocycles. The summed E-state index contributed by atoms with van der Waals surface area (Å²) < 4.78 is 17.9. The summed E-state index contributed by atoms with van der Waals surface area (Å²) in [5.74, 6) is 2.57. The molecule has 0 spiro atoms. The lowest BCUT2D eigenvalue weighted by Crippen LogP contribution is -2.02. The van der Waals surface area contributed by atoms with Gasteiger partial charge in [0.25, 0.3) is 0 Å². The molecule has 0 radical (unpaired) electrons. The Morgan fingerprint density at radius 1 is 0.973 bits per heavy atom. The van der Waals surface area contributed by atoms with E-state index in [-0.39, 0.29) is 6.01 Å². The van der Waals surface area contributed by atoms with Gasteiger partial charge in [-0.15, -0.1) is 11.8 Å². The van der Waals surface area contributed by atoms with Crippen LogP contribution in [0.25, 0.3) is 22.1 Å². The predicted molar refractivity (Wildman–Crippen MR) is 146 cm³/mol. The average molecular weight is 515 g/mol. The minimum Gasteiger partial charge on any atom is -0.493 e. The van der Waals surface area contributed by atoms with Crippen molar-refractivity contribution in [1.29, 1.82) is 0 Å². The molecule has 0 fully saturated rings. The fourth-order valence-electron chi connectivity index (χ4n) is 4.14. The van der Waals surface area contributed by atoms with Crippen LogP contribution in [0.15, 0.2) is 82.3 Å². The van der Waals surface area contributed by atoms with E-state index >= 15 is 0 Å². The topological polar surface area (TPSA) is 75.2 Å². The second-order valence-electron chi connectivity index (χ2n) is 8.57. The van der Waals surface area contributed by atoms with Gasteiger partial charge in [-0.3, -0.25) is 0 Å². The molecular weight excluding hydrogens is 484 g/mol. The zero-order valence-electron chi connectivity index (χ0n) is 21.1. The molecule has 0 aliphatic carbocycles. The number of thioether (sulfide) groups is 1. The summed E-state index contributed by atoms with van der Waals surface area (Å²) in [5, 5.41) is 13.1. The highest BCUT2D eigenvalue weighted by Crippen LogP contribution is 2.37. The largest absolute Gasteiger partial charge is 0.493 e. The number of tetrazole rings is 1. The fraction of sp³-hybridized carbons (Fsp3) is 0.276. The summed E-state index contributed by atoms with van der Waals surface area (Å²) in [4.78, 5) is 2.66. The van der Waals surface area contributed by atoms with E-state index in [1.165, 1.54) is 9.69 Å². The maximum Gasteiger partial charge on any atom is 0.361 e. The first-order valence-corrected chi connectivity index (χ1v) is 13.6. The van der Waals surface area contributed by atoms with Crippen molar-refractivity contribution >= 4 is 22.7 Å². The minimum atomic E-state index is 0.255. The maximum absolute atomic E-state index is 6.23. The van der Waals surface area contributed by atoms with Crippen LogP contribution in [-0.4, -0.2) is 32.6 Å². The van der Waals surface area contributed by atoms with Crippen molar-refractivity contribution in [2.24, 2.45) is 0 Å². The Hall–Kier alpha value is -3.78. The van der Waals surface area contributed by atoms with Crippen LogP contribution in [0.5, 0.6) is 17.5 Å². The van der Waals surface area contributed by atoms with Gasteiger partial charge in [0.15, 0.2) is 0 Å². The third-order valence-electron chi connectivity index (χ3n) is 5.95. The molecule has 0 atom stereocenters. The van der Waals surface area contributed by atoms with Crippen molar-refractivity contribution in [2.45, 2.75) is 44.6 Å². The van der Waals surface area contributed by atoms with Gasteiger partial charge in [-0.2, -0.15) is 4.80 Å². The molecule has 190 valence electrons. The molecule has 8 heteroatoms. The van der Waals surface area contributed by atoms with Crippen LogP contribution >= 0.6 is 11.8 Å². The molecule has 0 bridgehead atoms. The standard InChI is InChI=1S/C29H30N4O3S/c1-3-9-25-27(17-16-24-26(20-35-28(24)25)21-10-6-5-7-11-21)34-18-8-19-37-23-14-12-22(13-15-23)36-29-30-32-33(4-2)31-29/h5-7,10-17,20H,3-4,8-9,18-19H2,1-2H3. The summed E-state index contributed by atoms with van der Waals surface area (Å²) >= 11 is 1.79. The molecule has 0 saturated carbocycles. The Morgan fingerprint density at radius 2 is 1.81 bits per heavy atom. The van der Waals surface area contributed by atoms with Crippen LogP contribution in [0.4, 0.5) is 0 Å². The van der Waals surface area contributed by atoms with Crippen LogP contribution < -0.4 is 9.47 Å². The third kappa shape index (κ3) is 5.97. The monoisotopic (exact) mass is 514 g/mol. The summed E-state index contributed by atoms with van der Waals surface area (Å²) in [6.07, 6.45) is 4.74. The second kappa shape index (κ2) is 12.0. The van der Waals surface area contributed by atoms with Gasteiger partial charge in [-0.1, -0.05) is 53.9 Å². The van der Waals surface area contributed by atoms with E-state index in [4.69, 9.17) is 13.9 Å². The zero-order valence-corrected chi connectivity index (χ0v) is 21.9. The number of nitrogens with zero attached hydrogens (tertiary/aromatic N) is 4. The van der Waals surface area contributed by atoms with Gasteiger partial charge in [-0.05, 0) is 66.9 Å². The summed E-state index contributed by atoms with van der Waals surface area (Å²) in [6.45, 7) is 5.44. The van der Waals surface area contributed by atoms with E-state index in [1.54, 1.807) is 11.8 Å². The van der Waals surface area contributed by atoms with Gasteiger partial charge >= 0.3 is 6.01 Å². The smallest absolute Gasteiger partial charge is 0.361 e. The summed E-state index contributed by atoms with van der Waals surface area (Å²) in [6, 6.07) is 22.8. The van der Waals surface area contributed by atoms with Crippen molar-refractivity contribution in [3.05, 3.63) is 78.6 Å². The lowest BCUT2D eigenvalue weighted by atomic mass is 10.0. The number of aryl methyl sites for hydroxylation is 2. The number of fused-ring (bicyclic) bond motifs is 1. The van der Waals surface area contributed by atoms with E-state index in [9.17, 15) is 0 Å². The van der Waals surface area contributed by atoms with Crippen LogP contribution in [0.3, 0.4) is 0 Å². The van der Waals surface area contributed by atoms with Crippen molar-refractivity contribution in [3.8, 4) is 28.6 Å². The highest BCUT2D eigenvalue weighted by atomic mass is 32.2. The van der Waals surface area contributed by atoms with Gasteiger partial charge in [0.05, 0.1) is 19.4 Å². The predicted octanol–water partition coefficient (Wildman–Crippen LogP) is 7.41. The van der Waals surface area contributed by atoms with Crippen LogP contribution in [0, 0.1) is 0 Å². The normalized spacial score (nSPS) is 11.2. The highest BCUT2D eigenvalue weighted by molar-refractivity contribution is 7.99. The lowest BCUT2D eigenvalue weighted by Gasteiger charge is -2.12. The van der Waals surface area contributed by atoms with Gasteiger partial charge in [0.1, 0.15) is 17.1 Å². The second-order valence-corrected chi connectivity index (χ2v) is 9.74. The minimum absolute atomic E-state index is 0.255. The fourth-order valence-corrected chi connectivity index (χ4v) is 4.97. The molecule has 0 unspecified atom stereocenters. The van der Waals surface area contributed by atoms with E-state index < -0.39 is 0 Å². The number of benzene rings is 3. The summed E-state index contributed by atoms with van der Waals surface area (Å²) in [7, 11) is 0. The quantitative estimate of drug-likeness (QED) is 0.127. The van der Waals surface area contributed by atoms with Gasteiger partial charge in [0.2, 0.25) is 0 Å². The SMILES string of the molecule is CCCc1c(OCCCSc2ccc(Oc3nnn(CC)n3)cc2)ccc2c(-c3ccccc3)coc12. The van der Waals surface area contributed by atoms with E-state index in [2.05, 4.69) is 58.7 Å². The molecule has 0 amide bonds. The van der Waals surface area contributed by atoms with E-state index in [1.807, 2.05) is 43.5 Å². The third-order valence-corrected chi connectivity index (χ3v) is 7.05. The average Bonchev–Trinajstić information content (AvgIpc) is 3.58. The first kappa shape index (κ1) is 24.9. The first-order chi connectivity index (χ1) is 18.2. The molecule has 0 N–H and O–H groups in total. The summed E-state index contributed by atoms with van der Waals surface area (Å²) in [5.41, 5.74) is 4.37. The van der Waals surface area contributed by atoms with Crippen LogP contribution in [0.2, 0.25) is 0 Å². The number of rotatable bonds is 12. The zero-order chi connectivity index (χ0) is 25.5. The number of hydrogen-bond acceptors (Lipinski definition) is 7. The van der Waals surface area contributed by atoms with Crippen LogP contribution in [0.1, 0.15) is 32.3 Å². The van der Waals surface area contributed by atoms with Crippen molar-refractivity contribution < 1.29 is 13.9 Å². The number of hydrogen-bond donors (Lipinski definition) is 0. The Kier molecular flexibility index (Phi) is 8.05. The van der Waals surface area contributed by atoms with Gasteiger partial charge in [0, 0.05) is 27.2 Å². The van der Waals surface area contributed by atoms with Gasteiger partial charge < -0.3 is 13.9 Å². The first-order valence-electron chi connectivity index (χ1n) is 12.6. The Bertz CT molecular complexity index is 1430. The molecule has 0 saturated heterocycles. The Morgan fingerprint density at radius 3 is 2.57 bits per heavy atom. The van der Waals surface area contributed by atoms with Crippen molar-refractivity contribution in [2.75, 3.05) is 12.4 Å². The Labute approximate surface area is 220 Å². The molecular formula is C29H30N4O3S. The maximum atomic E-state index is 6.23. The molecule has 3 aromatic carbocycles. The Balaban J connectivity index is 1.15. The molecule has 5 rings (SSSR count). The van der Waals surface area contributed by atoms with E-state index in [0.29, 0.717) is 18.9 Å². The molecule has 5 aromatic rings.